The molecule has 0 radical (unpaired) electrons. The van der Waals surface area contributed by atoms with Gasteiger partial charge in [0.25, 0.3) is 0 Å². The number of allylic oxidation sites excluding steroid dienone is 3. The fourth-order valence-corrected chi connectivity index (χ4v) is 11.7. The number of carbonyl (C=O) groups excluding carboxylic acids is 1. The Morgan fingerprint density at radius 1 is 0.933 bits per heavy atom. The second-order valence-corrected chi connectivity index (χ2v) is 17.0. The highest BCUT2D eigenvalue weighted by Gasteiger charge is 2.68. The minimum atomic E-state index is -1.65. The third-order valence-corrected chi connectivity index (χ3v) is 14.8. The van der Waals surface area contributed by atoms with Crippen LogP contribution in [0.3, 0.4) is 0 Å². The van der Waals surface area contributed by atoms with Crippen LogP contribution in [0.1, 0.15) is 93.4 Å². The monoisotopic (exact) mass is 632 g/mol. The summed E-state index contributed by atoms with van der Waals surface area (Å²) in [5, 5.41) is 63.1. The molecule has 0 aromatic heterocycles. The van der Waals surface area contributed by atoms with E-state index >= 15 is 0 Å². The van der Waals surface area contributed by atoms with E-state index in [1.54, 1.807) is 0 Å². The van der Waals surface area contributed by atoms with Crippen LogP contribution in [0.5, 0.6) is 0 Å². The van der Waals surface area contributed by atoms with E-state index in [1.807, 2.05) is 0 Å². The lowest BCUT2D eigenvalue weighted by atomic mass is 9.35. The molecule has 45 heavy (non-hydrogen) atoms. The molecule has 254 valence electrons. The predicted molar refractivity (Wildman–Crippen MR) is 166 cm³/mol. The van der Waals surface area contributed by atoms with Gasteiger partial charge in [0.1, 0.15) is 24.4 Å². The van der Waals surface area contributed by atoms with Crippen LogP contribution < -0.4 is 0 Å². The first-order valence-corrected chi connectivity index (χ1v) is 17.2. The highest BCUT2D eigenvalue weighted by molar-refractivity contribution is 5.82. The van der Waals surface area contributed by atoms with Crippen molar-refractivity contribution >= 4 is 5.97 Å². The van der Waals surface area contributed by atoms with Crippen LogP contribution in [0.25, 0.3) is 0 Å². The Hall–Kier alpha value is -1.33. The molecule has 4 fully saturated rings. The van der Waals surface area contributed by atoms with Crippen molar-refractivity contribution in [2.75, 3.05) is 6.61 Å². The molecule has 0 bridgehead atoms. The number of rotatable bonds is 3. The van der Waals surface area contributed by atoms with Crippen molar-refractivity contribution < 1.29 is 44.9 Å². The number of hydrogen-bond donors (Lipinski definition) is 6. The van der Waals surface area contributed by atoms with Gasteiger partial charge in [-0.2, -0.15) is 0 Å². The van der Waals surface area contributed by atoms with Crippen LogP contribution in [-0.2, 0) is 14.3 Å². The zero-order valence-corrected chi connectivity index (χ0v) is 28.1. The zero-order chi connectivity index (χ0) is 33.1. The van der Waals surface area contributed by atoms with E-state index in [4.69, 9.17) is 9.47 Å². The Balaban J connectivity index is 1.42. The van der Waals surface area contributed by atoms with Crippen molar-refractivity contribution in [2.45, 2.75) is 136 Å². The summed E-state index contributed by atoms with van der Waals surface area (Å²) in [6.07, 6.45) is 0.917. The third-order valence-electron chi connectivity index (χ3n) is 14.8. The van der Waals surface area contributed by atoms with E-state index < -0.39 is 66.3 Å². The second kappa shape index (κ2) is 10.8. The molecule has 0 unspecified atom stereocenters. The summed E-state index contributed by atoms with van der Waals surface area (Å²) in [4.78, 5) is 14.4. The lowest BCUT2D eigenvalue weighted by Crippen LogP contribution is -2.66. The van der Waals surface area contributed by atoms with Crippen LogP contribution in [0.15, 0.2) is 23.3 Å². The number of fused-ring (bicyclic) bond motifs is 6. The van der Waals surface area contributed by atoms with Crippen LogP contribution in [0, 0.1) is 50.7 Å². The molecule has 15 atom stereocenters. The summed E-state index contributed by atoms with van der Waals surface area (Å²) in [6, 6.07) is 0. The van der Waals surface area contributed by atoms with E-state index in [2.05, 4.69) is 60.6 Å². The Bertz CT molecular complexity index is 1260. The third kappa shape index (κ3) is 4.40. The first kappa shape index (κ1) is 33.6. The lowest BCUT2D eigenvalue weighted by Gasteiger charge is -2.69. The van der Waals surface area contributed by atoms with E-state index in [0.717, 1.165) is 31.3 Å². The number of aliphatic hydroxyl groups excluding tert-OH is 6. The molecule has 3 saturated carbocycles. The smallest absolute Gasteiger partial charge is 0.318 e. The van der Waals surface area contributed by atoms with Crippen molar-refractivity contribution in [3.05, 3.63) is 23.3 Å². The molecule has 1 aliphatic heterocycles. The summed E-state index contributed by atoms with van der Waals surface area (Å²) in [5.74, 6) is 0.416. The molecule has 5 aliphatic carbocycles. The Morgan fingerprint density at radius 2 is 1.62 bits per heavy atom. The van der Waals surface area contributed by atoms with E-state index in [1.165, 1.54) is 5.57 Å². The zero-order valence-electron chi connectivity index (χ0n) is 28.1. The SMILES string of the molecule is C[C@@H]1CC[C@]2(C(=O)O[C@@H]3O[C@H](CO)[C@@H](O)[C@H](O)[C@H]3O)CC[C@]3(C)C(=C2[C@H]1C)C=C[C@@H]1[C@@]2(C)C[C@@H](O)[C@@H](O)C(C)(C)[C@@H]2CC[C@]13C. The van der Waals surface area contributed by atoms with Crippen molar-refractivity contribution in [2.24, 2.45) is 50.7 Å². The van der Waals surface area contributed by atoms with Gasteiger partial charge >= 0.3 is 5.97 Å². The van der Waals surface area contributed by atoms with Crippen molar-refractivity contribution in [1.82, 2.24) is 0 Å². The van der Waals surface area contributed by atoms with Gasteiger partial charge < -0.3 is 40.1 Å². The minimum absolute atomic E-state index is 0.109. The number of esters is 1. The molecule has 0 amide bonds. The fourth-order valence-electron chi connectivity index (χ4n) is 11.7. The highest BCUT2D eigenvalue weighted by Crippen LogP contribution is 2.74. The van der Waals surface area contributed by atoms with Gasteiger partial charge in [-0.05, 0) is 101 Å². The average molecular weight is 633 g/mol. The fraction of sp³-hybridized carbons (Fsp3) is 0.861. The molecular weight excluding hydrogens is 576 g/mol. The van der Waals surface area contributed by atoms with Crippen molar-refractivity contribution in [3.8, 4) is 0 Å². The van der Waals surface area contributed by atoms with Gasteiger partial charge in [-0.1, -0.05) is 60.6 Å². The number of aliphatic hydroxyl groups is 6. The predicted octanol–water partition coefficient (Wildman–Crippen LogP) is 3.24. The average Bonchev–Trinajstić information content (AvgIpc) is 2.98. The molecule has 9 heteroatoms. The Kier molecular flexibility index (Phi) is 8.09. The number of hydrogen-bond acceptors (Lipinski definition) is 9. The second-order valence-electron chi connectivity index (χ2n) is 17.0. The van der Waals surface area contributed by atoms with E-state index in [0.29, 0.717) is 25.2 Å². The van der Waals surface area contributed by atoms with Gasteiger partial charge in [0, 0.05) is 0 Å². The molecule has 0 aromatic carbocycles. The maximum atomic E-state index is 14.4. The van der Waals surface area contributed by atoms with Gasteiger partial charge in [-0.15, -0.1) is 0 Å². The quantitative estimate of drug-likeness (QED) is 0.257. The van der Waals surface area contributed by atoms with Gasteiger partial charge in [-0.3, -0.25) is 4.79 Å². The first-order valence-electron chi connectivity index (χ1n) is 17.2. The Morgan fingerprint density at radius 3 is 2.29 bits per heavy atom. The summed E-state index contributed by atoms with van der Waals surface area (Å²) in [6.45, 7) is 15.1. The maximum Gasteiger partial charge on any atom is 0.318 e. The van der Waals surface area contributed by atoms with E-state index in [9.17, 15) is 35.4 Å². The highest BCUT2D eigenvalue weighted by atomic mass is 16.7. The van der Waals surface area contributed by atoms with Crippen molar-refractivity contribution in [3.63, 3.8) is 0 Å². The summed E-state index contributed by atoms with van der Waals surface area (Å²) >= 11 is 0. The molecule has 1 saturated heterocycles. The van der Waals surface area contributed by atoms with E-state index in [-0.39, 0.29) is 34.0 Å². The van der Waals surface area contributed by atoms with Crippen LogP contribution in [-0.4, -0.2) is 86.1 Å². The van der Waals surface area contributed by atoms with Crippen LogP contribution in [0.2, 0.25) is 0 Å². The van der Waals surface area contributed by atoms with Gasteiger partial charge in [-0.25, -0.2) is 0 Å². The summed E-state index contributed by atoms with van der Waals surface area (Å²) in [7, 11) is 0. The topological polar surface area (TPSA) is 157 Å². The largest absolute Gasteiger partial charge is 0.432 e. The van der Waals surface area contributed by atoms with Gasteiger partial charge in [0.2, 0.25) is 6.29 Å². The normalized spacial score (nSPS) is 53.9. The molecule has 1 heterocycles. The lowest BCUT2D eigenvalue weighted by molar-refractivity contribution is -0.295. The van der Waals surface area contributed by atoms with Crippen LogP contribution in [0.4, 0.5) is 0 Å². The molecule has 9 nitrogen and oxygen atoms in total. The van der Waals surface area contributed by atoms with Crippen LogP contribution >= 0.6 is 0 Å². The number of carbonyl (C=O) groups is 1. The first-order chi connectivity index (χ1) is 20.9. The summed E-state index contributed by atoms with van der Waals surface area (Å²) < 4.78 is 11.5. The van der Waals surface area contributed by atoms with Gasteiger partial charge in [0.15, 0.2) is 0 Å². The van der Waals surface area contributed by atoms with Crippen molar-refractivity contribution in [1.29, 1.82) is 0 Å². The standard InChI is InChI=1S/C36H56O9/c1-18-10-13-36(31(43)45-30-28(41)27(40)26(39)22(17-37)44-30)15-14-34(6)20(25(36)19(18)2)8-9-24-33(5)16-21(38)29(42)32(3,4)23(33)11-12-35(24,34)7/h8-9,18-19,21-24,26-30,37-42H,10-17H2,1-7H3/t18-,19+,21-,22-,23+,24-,26-,27+,28-,29-,30+,33+,34-,35-,36+/m1/s1. The Labute approximate surface area is 267 Å². The maximum absolute atomic E-state index is 14.4. The molecule has 6 aliphatic rings. The number of ether oxygens (including phenoxy) is 2. The molecule has 0 spiro atoms. The molecule has 6 rings (SSSR count). The molecule has 6 N–H and O–H groups in total. The molecular formula is C36H56O9. The minimum Gasteiger partial charge on any atom is -0.432 e. The van der Waals surface area contributed by atoms with Gasteiger partial charge in [0.05, 0.1) is 24.2 Å². The molecule has 0 aromatic rings. The summed E-state index contributed by atoms with van der Waals surface area (Å²) in [5.41, 5.74) is 0.404.